The van der Waals surface area contributed by atoms with Gasteiger partial charge < -0.3 is 0 Å². The number of pyridine rings is 1. The molecule has 0 amide bonds. The Morgan fingerprint density at radius 2 is 1.33 bits per heavy atom. The number of hydrogen-bond acceptors (Lipinski definition) is 3. The van der Waals surface area contributed by atoms with Crippen LogP contribution in [0.1, 0.15) is 22.9 Å². The van der Waals surface area contributed by atoms with E-state index < -0.39 is 0 Å². The van der Waals surface area contributed by atoms with Crippen molar-refractivity contribution in [1.29, 1.82) is 0 Å². The van der Waals surface area contributed by atoms with E-state index in [0.717, 1.165) is 42.9 Å². The fourth-order valence-corrected chi connectivity index (χ4v) is 4.30. The number of rotatable bonds is 5. The van der Waals surface area contributed by atoms with Gasteiger partial charge >= 0.3 is 158 Å². The van der Waals surface area contributed by atoms with Gasteiger partial charge in [-0.1, -0.05) is 12.1 Å². The monoisotopic (exact) mass is 417 g/mol. The van der Waals surface area contributed by atoms with E-state index in [2.05, 4.69) is 104 Å². The molecule has 1 saturated heterocycles. The Labute approximate surface area is 170 Å². The van der Waals surface area contributed by atoms with Gasteiger partial charge in [0.2, 0.25) is 0 Å². The molecule has 1 fully saturated rings. The van der Waals surface area contributed by atoms with Gasteiger partial charge in [-0.3, -0.25) is 0 Å². The second-order valence-corrected chi connectivity index (χ2v) is 7.98. The first-order valence-electron chi connectivity index (χ1n) is 9.51. The summed E-state index contributed by atoms with van der Waals surface area (Å²) in [5, 5.41) is 0. The van der Waals surface area contributed by atoms with Gasteiger partial charge in [0.15, 0.2) is 0 Å². The molecule has 0 N–H and O–H groups in total. The van der Waals surface area contributed by atoms with Crippen LogP contribution in [0, 0.1) is 0 Å². The van der Waals surface area contributed by atoms with Crippen LogP contribution in [0.25, 0.3) is 0 Å². The average molecular weight is 417 g/mol. The van der Waals surface area contributed by atoms with E-state index in [0.29, 0.717) is 6.04 Å². The van der Waals surface area contributed by atoms with Crippen LogP contribution in [-0.4, -0.2) is 57.8 Å². The van der Waals surface area contributed by atoms with Crippen LogP contribution < -0.4 is 4.48 Å². The molecule has 2 aromatic carbocycles. The third-order valence-electron chi connectivity index (χ3n) is 5.18. The van der Waals surface area contributed by atoms with E-state index in [1.165, 1.54) is 11.1 Å². The molecule has 4 heteroatoms. The van der Waals surface area contributed by atoms with Crippen molar-refractivity contribution < 1.29 is 0 Å². The molecule has 2 radical (unpaired) electrons. The fourth-order valence-electron chi connectivity index (χ4n) is 3.85. The molecule has 0 unspecified atom stereocenters. The maximum atomic E-state index is 4.63. The number of nitrogens with zero attached hydrogens (tertiary/aromatic N) is 3. The topological polar surface area (TPSA) is 19.4 Å². The summed E-state index contributed by atoms with van der Waals surface area (Å²) in [6.07, 6.45) is 0. The zero-order valence-corrected chi connectivity index (χ0v) is 17.3. The first-order valence-corrected chi connectivity index (χ1v) is 10.4. The normalized spacial score (nSPS) is 15.9. The number of aromatic nitrogens is 1. The van der Waals surface area contributed by atoms with Crippen molar-refractivity contribution in [3.05, 3.63) is 95.7 Å². The Morgan fingerprint density at radius 1 is 0.741 bits per heavy atom. The van der Waals surface area contributed by atoms with E-state index in [-0.39, 0.29) is 0 Å². The maximum absolute atomic E-state index is 4.63. The Hall–Kier alpha value is -1.93. The van der Waals surface area contributed by atoms with E-state index in [4.69, 9.17) is 0 Å². The number of piperazine rings is 1. The van der Waals surface area contributed by atoms with Crippen molar-refractivity contribution in [1.82, 2.24) is 14.8 Å². The van der Waals surface area contributed by atoms with Gasteiger partial charge in [0.1, 0.15) is 0 Å². The average Bonchev–Trinajstić information content (AvgIpc) is 2.71. The third kappa shape index (κ3) is 4.68. The molecule has 1 aliphatic heterocycles. The fraction of sp³-hybridized carbons (Fsp3) is 0.261. The Morgan fingerprint density at radius 3 is 1.89 bits per heavy atom. The molecule has 3 nitrogen and oxygen atoms in total. The summed E-state index contributed by atoms with van der Waals surface area (Å²) in [4.78, 5) is 9.76. The molecule has 2 heterocycles. The molecule has 0 bridgehead atoms. The summed E-state index contributed by atoms with van der Waals surface area (Å²) in [5.41, 5.74) is 3.90. The van der Waals surface area contributed by atoms with Crippen molar-refractivity contribution in [3.63, 3.8) is 0 Å². The quantitative estimate of drug-likeness (QED) is 0.596. The summed E-state index contributed by atoms with van der Waals surface area (Å²) in [6.45, 7) is 5.20. The van der Waals surface area contributed by atoms with Crippen LogP contribution in [0.5, 0.6) is 0 Å². The van der Waals surface area contributed by atoms with Gasteiger partial charge in [-0.2, -0.15) is 0 Å². The number of hydrogen-bond donors (Lipinski definition) is 0. The standard InChI is InChI=1S/C23H24AsN3/c24-22-13-7-12-21(25-22)18-26-14-16-27(17-15-26)23(19-8-3-1-4-9-19)20-10-5-2-6-11-20/h1-13,23H,14-18H2. The molecular weight excluding hydrogens is 393 g/mol. The summed E-state index contributed by atoms with van der Waals surface area (Å²) in [5.74, 6) is 0. The van der Waals surface area contributed by atoms with Gasteiger partial charge in [-0.05, 0) is 0 Å². The van der Waals surface area contributed by atoms with Crippen molar-refractivity contribution in [3.8, 4) is 0 Å². The predicted octanol–water partition coefficient (Wildman–Crippen LogP) is 2.78. The van der Waals surface area contributed by atoms with Crippen LogP contribution >= 0.6 is 0 Å². The van der Waals surface area contributed by atoms with Crippen LogP contribution in [0.4, 0.5) is 0 Å². The second-order valence-electron chi connectivity index (χ2n) is 7.02. The van der Waals surface area contributed by atoms with Crippen LogP contribution in [0.3, 0.4) is 0 Å². The van der Waals surface area contributed by atoms with Crippen molar-refractivity contribution in [2.24, 2.45) is 0 Å². The van der Waals surface area contributed by atoms with E-state index in [1.807, 2.05) is 6.07 Å². The molecule has 1 aliphatic rings. The molecular formula is C23H24AsN3. The van der Waals surface area contributed by atoms with E-state index in [1.54, 1.807) is 0 Å². The van der Waals surface area contributed by atoms with E-state index in [9.17, 15) is 0 Å². The van der Waals surface area contributed by atoms with Crippen LogP contribution in [-0.2, 0) is 6.54 Å². The molecule has 1 aromatic heterocycles. The zero-order valence-electron chi connectivity index (χ0n) is 15.4. The zero-order chi connectivity index (χ0) is 18.5. The SMILES string of the molecule is [As]c1cccc(CN2CCN(C(c3ccccc3)c3ccccc3)CC2)n1. The first kappa shape index (κ1) is 18.4. The molecule has 0 aliphatic carbocycles. The molecule has 4 rings (SSSR count). The predicted molar refractivity (Wildman–Crippen MR) is 111 cm³/mol. The van der Waals surface area contributed by atoms with Crippen LogP contribution in [0.2, 0.25) is 0 Å². The Bertz CT molecular complexity index is 806. The second kappa shape index (κ2) is 8.84. The molecule has 0 atom stereocenters. The molecule has 27 heavy (non-hydrogen) atoms. The summed E-state index contributed by atoms with van der Waals surface area (Å²) in [7, 11) is 0. The summed E-state index contributed by atoms with van der Waals surface area (Å²) in [6, 6.07) is 28.3. The van der Waals surface area contributed by atoms with Gasteiger partial charge in [-0.15, -0.1) is 0 Å². The Balaban J connectivity index is 1.47. The van der Waals surface area contributed by atoms with Crippen molar-refractivity contribution in [2.75, 3.05) is 26.2 Å². The summed E-state index contributed by atoms with van der Waals surface area (Å²) < 4.78 is 1.03. The van der Waals surface area contributed by atoms with Crippen LogP contribution in [0.15, 0.2) is 78.9 Å². The molecule has 136 valence electrons. The molecule has 3 aromatic rings. The van der Waals surface area contributed by atoms with Gasteiger partial charge in [-0.25, -0.2) is 0 Å². The van der Waals surface area contributed by atoms with Gasteiger partial charge in [0, 0.05) is 0 Å². The minimum atomic E-state index is 0.323. The van der Waals surface area contributed by atoms with Gasteiger partial charge in [0.25, 0.3) is 0 Å². The number of benzene rings is 2. The van der Waals surface area contributed by atoms with Crippen molar-refractivity contribution in [2.45, 2.75) is 12.6 Å². The third-order valence-corrected chi connectivity index (χ3v) is 5.70. The van der Waals surface area contributed by atoms with E-state index >= 15 is 0 Å². The summed E-state index contributed by atoms with van der Waals surface area (Å²) >= 11 is 2.53. The minimum absolute atomic E-state index is 0.323. The van der Waals surface area contributed by atoms with Gasteiger partial charge in [0.05, 0.1) is 0 Å². The Kier molecular flexibility index (Phi) is 6.03. The van der Waals surface area contributed by atoms with Crippen molar-refractivity contribution >= 4 is 21.3 Å². The molecule has 0 saturated carbocycles. The first-order chi connectivity index (χ1) is 13.3. The molecule has 0 spiro atoms.